The van der Waals surface area contributed by atoms with Crippen LogP contribution in [0.1, 0.15) is 32.2 Å². The number of benzene rings is 1. The van der Waals surface area contributed by atoms with Crippen molar-refractivity contribution in [3.05, 3.63) is 48.0 Å². The lowest BCUT2D eigenvalue weighted by Crippen LogP contribution is -2.19. The summed E-state index contributed by atoms with van der Waals surface area (Å²) in [6.45, 7) is 7.06. The molecule has 1 aromatic heterocycles. The standard InChI is InChI=1S/C14H18N2O/c1-14(2,3)13-15-8-9-16(13)10-11-6-4-5-7-12(11)17/h4-9,17H,10H2,1-3H3. The van der Waals surface area contributed by atoms with Crippen LogP contribution in [0, 0.1) is 0 Å². The molecular weight excluding hydrogens is 212 g/mol. The highest BCUT2D eigenvalue weighted by Crippen LogP contribution is 2.23. The molecular formula is C14H18N2O. The lowest BCUT2D eigenvalue weighted by atomic mass is 9.95. The van der Waals surface area contributed by atoms with Crippen molar-refractivity contribution in [2.75, 3.05) is 0 Å². The van der Waals surface area contributed by atoms with Gasteiger partial charge in [0, 0.05) is 23.4 Å². The van der Waals surface area contributed by atoms with Crippen molar-refractivity contribution in [3.8, 4) is 5.75 Å². The molecule has 3 nitrogen and oxygen atoms in total. The number of nitrogens with zero attached hydrogens (tertiary/aromatic N) is 2. The van der Waals surface area contributed by atoms with Gasteiger partial charge in [-0.1, -0.05) is 39.0 Å². The summed E-state index contributed by atoms with van der Waals surface area (Å²) in [6.07, 6.45) is 3.76. The van der Waals surface area contributed by atoms with E-state index in [1.807, 2.05) is 24.4 Å². The molecule has 1 heterocycles. The van der Waals surface area contributed by atoms with Crippen LogP contribution in [0.2, 0.25) is 0 Å². The molecule has 0 aliphatic rings. The van der Waals surface area contributed by atoms with Crippen LogP contribution in [0.4, 0.5) is 0 Å². The third-order valence-corrected chi connectivity index (χ3v) is 2.72. The lowest BCUT2D eigenvalue weighted by molar-refractivity contribution is 0.460. The molecule has 2 aromatic rings. The third kappa shape index (κ3) is 2.49. The predicted octanol–water partition coefficient (Wildman–Crippen LogP) is 2.93. The molecule has 0 bridgehead atoms. The molecule has 1 N–H and O–H groups in total. The smallest absolute Gasteiger partial charge is 0.120 e. The summed E-state index contributed by atoms with van der Waals surface area (Å²) < 4.78 is 2.08. The zero-order valence-electron chi connectivity index (χ0n) is 10.5. The van der Waals surface area contributed by atoms with Gasteiger partial charge in [0.2, 0.25) is 0 Å². The van der Waals surface area contributed by atoms with Crippen LogP contribution < -0.4 is 0 Å². The Morgan fingerprint density at radius 3 is 2.59 bits per heavy atom. The van der Waals surface area contributed by atoms with Crippen molar-refractivity contribution in [1.29, 1.82) is 0 Å². The topological polar surface area (TPSA) is 38.0 Å². The van der Waals surface area contributed by atoms with Gasteiger partial charge in [0.15, 0.2) is 0 Å². The van der Waals surface area contributed by atoms with E-state index in [9.17, 15) is 5.11 Å². The van der Waals surface area contributed by atoms with Crippen LogP contribution in [-0.4, -0.2) is 14.7 Å². The first-order chi connectivity index (χ1) is 7.98. The fraction of sp³-hybridized carbons (Fsp3) is 0.357. The molecule has 0 saturated carbocycles. The largest absolute Gasteiger partial charge is 0.508 e. The van der Waals surface area contributed by atoms with E-state index < -0.39 is 0 Å². The van der Waals surface area contributed by atoms with Gasteiger partial charge in [-0.15, -0.1) is 0 Å². The summed E-state index contributed by atoms with van der Waals surface area (Å²) in [4.78, 5) is 4.39. The molecule has 90 valence electrons. The molecule has 0 saturated heterocycles. The Hall–Kier alpha value is -1.77. The molecule has 3 heteroatoms. The van der Waals surface area contributed by atoms with Gasteiger partial charge < -0.3 is 9.67 Å². The minimum atomic E-state index is 0.00784. The summed E-state index contributed by atoms with van der Waals surface area (Å²) in [5, 5.41) is 9.77. The normalized spacial score (nSPS) is 11.7. The summed E-state index contributed by atoms with van der Waals surface area (Å²) >= 11 is 0. The summed E-state index contributed by atoms with van der Waals surface area (Å²) in [6, 6.07) is 7.41. The van der Waals surface area contributed by atoms with Crippen molar-refractivity contribution >= 4 is 0 Å². The average Bonchev–Trinajstić information content (AvgIpc) is 2.69. The minimum absolute atomic E-state index is 0.00784. The second-order valence-corrected chi connectivity index (χ2v) is 5.26. The van der Waals surface area contributed by atoms with Crippen LogP contribution in [0.5, 0.6) is 5.75 Å². The minimum Gasteiger partial charge on any atom is -0.508 e. The number of imidazole rings is 1. The van der Waals surface area contributed by atoms with E-state index in [0.29, 0.717) is 12.3 Å². The first-order valence-corrected chi connectivity index (χ1v) is 5.77. The first-order valence-electron chi connectivity index (χ1n) is 5.77. The summed E-state index contributed by atoms with van der Waals surface area (Å²) in [7, 11) is 0. The maximum absolute atomic E-state index is 9.77. The second kappa shape index (κ2) is 4.24. The van der Waals surface area contributed by atoms with Gasteiger partial charge in [0.25, 0.3) is 0 Å². The maximum Gasteiger partial charge on any atom is 0.120 e. The molecule has 0 radical (unpaired) electrons. The van der Waals surface area contributed by atoms with Crippen LogP contribution in [0.3, 0.4) is 0 Å². The number of phenolic OH excluding ortho intramolecular Hbond substituents is 1. The molecule has 2 rings (SSSR count). The van der Waals surface area contributed by atoms with Crippen molar-refractivity contribution in [2.45, 2.75) is 32.7 Å². The van der Waals surface area contributed by atoms with E-state index in [-0.39, 0.29) is 5.41 Å². The Labute approximate surface area is 102 Å². The zero-order chi connectivity index (χ0) is 12.5. The summed E-state index contributed by atoms with van der Waals surface area (Å²) in [5.74, 6) is 1.36. The zero-order valence-corrected chi connectivity index (χ0v) is 10.5. The molecule has 0 spiro atoms. The predicted molar refractivity (Wildman–Crippen MR) is 68.1 cm³/mol. The Balaban J connectivity index is 2.32. The van der Waals surface area contributed by atoms with E-state index in [1.54, 1.807) is 12.3 Å². The number of rotatable bonds is 2. The van der Waals surface area contributed by atoms with Crippen molar-refractivity contribution in [3.63, 3.8) is 0 Å². The monoisotopic (exact) mass is 230 g/mol. The van der Waals surface area contributed by atoms with Crippen molar-refractivity contribution in [2.24, 2.45) is 0 Å². The number of aromatic hydroxyl groups is 1. The average molecular weight is 230 g/mol. The Morgan fingerprint density at radius 2 is 1.94 bits per heavy atom. The van der Waals surface area contributed by atoms with E-state index >= 15 is 0 Å². The number of phenols is 1. The molecule has 0 aliphatic carbocycles. The lowest BCUT2D eigenvalue weighted by Gasteiger charge is -2.20. The molecule has 0 fully saturated rings. The molecule has 17 heavy (non-hydrogen) atoms. The molecule has 0 aliphatic heterocycles. The quantitative estimate of drug-likeness (QED) is 0.861. The highest BCUT2D eigenvalue weighted by Gasteiger charge is 2.19. The van der Waals surface area contributed by atoms with Gasteiger partial charge in [0.05, 0.1) is 6.54 Å². The Kier molecular flexibility index (Phi) is 2.92. The van der Waals surface area contributed by atoms with Crippen LogP contribution in [-0.2, 0) is 12.0 Å². The van der Waals surface area contributed by atoms with Crippen molar-refractivity contribution < 1.29 is 5.11 Å². The van der Waals surface area contributed by atoms with Gasteiger partial charge in [-0.2, -0.15) is 0 Å². The molecule has 0 unspecified atom stereocenters. The molecule has 1 aromatic carbocycles. The SMILES string of the molecule is CC(C)(C)c1nccn1Cc1ccccc1O. The first kappa shape index (κ1) is 11.7. The van der Waals surface area contributed by atoms with Crippen LogP contribution >= 0.6 is 0 Å². The number of aromatic nitrogens is 2. The van der Waals surface area contributed by atoms with Gasteiger partial charge in [-0.3, -0.25) is 0 Å². The van der Waals surface area contributed by atoms with Gasteiger partial charge in [0.1, 0.15) is 11.6 Å². The Morgan fingerprint density at radius 1 is 1.24 bits per heavy atom. The van der Waals surface area contributed by atoms with Gasteiger partial charge >= 0.3 is 0 Å². The van der Waals surface area contributed by atoms with Gasteiger partial charge in [-0.25, -0.2) is 4.98 Å². The van der Waals surface area contributed by atoms with E-state index in [2.05, 4.69) is 30.3 Å². The van der Waals surface area contributed by atoms with E-state index in [0.717, 1.165) is 11.4 Å². The Bertz CT molecular complexity index is 509. The highest BCUT2D eigenvalue weighted by atomic mass is 16.3. The van der Waals surface area contributed by atoms with E-state index in [1.165, 1.54) is 0 Å². The molecule has 0 atom stereocenters. The number of hydrogen-bond donors (Lipinski definition) is 1. The van der Waals surface area contributed by atoms with E-state index in [4.69, 9.17) is 0 Å². The maximum atomic E-state index is 9.77. The number of para-hydroxylation sites is 1. The van der Waals surface area contributed by atoms with Gasteiger partial charge in [-0.05, 0) is 6.07 Å². The van der Waals surface area contributed by atoms with Crippen molar-refractivity contribution in [1.82, 2.24) is 9.55 Å². The third-order valence-electron chi connectivity index (χ3n) is 2.72. The van der Waals surface area contributed by atoms with Crippen LogP contribution in [0.25, 0.3) is 0 Å². The molecule has 0 amide bonds. The fourth-order valence-electron chi connectivity index (χ4n) is 1.91. The highest BCUT2D eigenvalue weighted by molar-refractivity contribution is 5.32. The second-order valence-electron chi connectivity index (χ2n) is 5.26. The number of hydrogen-bond acceptors (Lipinski definition) is 2. The summed E-state index contributed by atoms with van der Waals surface area (Å²) in [5.41, 5.74) is 0.921. The van der Waals surface area contributed by atoms with Crippen LogP contribution in [0.15, 0.2) is 36.7 Å². The fourth-order valence-corrected chi connectivity index (χ4v) is 1.91.